The number of nitrogens with zero attached hydrogens (tertiary/aromatic N) is 2. The second kappa shape index (κ2) is 11.3. The lowest BCUT2D eigenvalue weighted by atomic mass is 10.2. The van der Waals surface area contributed by atoms with E-state index in [0.29, 0.717) is 27.5 Å². The molecule has 0 saturated carbocycles. The number of methoxy groups -OCH3 is 1. The first-order chi connectivity index (χ1) is 17.0. The summed E-state index contributed by atoms with van der Waals surface area (Å²) in [7, 11) is 1.54. The van der Waals surface area contributed by atoms with Crippen LogP contribution in [0.4, 0.5) is 5.69 Å². The monoisotopic (exact) mass is 493 g/mol. The number of nitrogens with one attached hydrogen (secondary N) is 3. The Bertz CT molecular complexity index is 1350. The van der Waals surface area contributed by atoms with Gasteiger partial charge in [0.25, 0.3) is 5.91 Å². The van der Waals surface area contributed by atoms with Crippen molar-refractivity contribution in [2.45, 2.75) is 19.4 Å². The summed E-state index contributed by atoms with van der Waals surface area (Å²) in [6, 6.07) is 14.4. The van der Waals surface area contributed by atoms with Crippen molar-refractivity contribution >= 4 is 45.7 Å². The van der Waals surface area contributed by atoms with Crippen LogP contribution in [0.1, 0.15) is 27.6 Å². The molecule has 3 N–H and O–H groups in total. The zero-order chi connectivity index (χ0) is 24.6. The topological polar surface area (TPSA) is 135 Å². The fourth-order valence-corrected chi connectivity index (χ4v) is 4.08. The summed E-state index contributed by atoms with van der Waals surface area (Å²) in [4.78, 5) is 41.1. The molecular formula is C24H23N5O5S. The zero-order valence-corrected chi connectivity index (χ0v) is 19.7. The number of aromatic amines is 1. The molecule has 180 valence electrons. The molecule has 0 atom stereocenters. The van der Waals surface area contributed by atoms with Crippen LogP contribution in [0, 0.1) is 0 Å². The van der Waals surface area contributed by atoms with Crippen LogP contribution in [0.5, 0.6) is 5.75 Å². The first-order valence-electron chi connectivity index (χ1n) is 10.8. The Hall–Kier alpha value is -4.25. The average molecular weight is 494 g/mol. The number of carbonyl (C=O) groups excluding carboxylic acids is 3. The summed E-state index contributed by atoms with van der Waals surface area (Å²) in [5.41, 5.74) is 2.17. The van der Waals surface area contributed by atoms with Gasteiger partial charge in [-0.3, -0.25) is 19.5 Å². The van der Waals surface area contributed by atoms with Crippen LogP contribution in [0.15, 0.2) is 53.9 Å². The molecule has 0 saturated heterocycles. The Morgan fingerprint density at radius 1 is 1.09 bits per heavy atom. The van der Waals surface area contributed by atoms with E-state index in [1.54, 1.807) is 29.6 Å². The smallest absolute Gasteiger partial charge is 0.307 e. The van der Waals surface area contributed by atoms with Crippen molar-refractivity contribution < 1.29 is 23.9 Å². The Kier molecular flexibility index (Phi) is 7.68. The van der Waals surface area contributed by atoms with E-state index >= 15 is 0 Å². The molecule has 0 unspecified atom stereocenters. The van der Waals surface area contributed by atoms with E-state index in [9.17, 15) is 14.4 Å². The second-order valence-corrected chi connectivity index (χ2v) is 8.38. The molecule has 4 rings (SSSR count). The maximum Gasteiger partial charge on any atom is 0.307 e. The first kappa shape index (κ1) is 23.9. The van der Waals surface area contributed by atoms with Crippen molar-refractivity contribution in [3.63, 3.8) is 0 Å². The van der Waals surface area contributed by atoms with Gasteiger partial charge >= 0.3 is 5.97 Å². The Morgan fingerprint density at radius 3 is 2.74 bits per heavy atom. The molecule has 0 spiro atoms. The third-order valence-electron chi connectivity index (χ3n) is 4.97. The van der Waals surface area contributed by atoms with E-state index in [1.807, 2.05) is 24.3 Å². The molecule has 0 bridgehead atoms. The van der Waals surface area contributed by atoms with Crippen LogP contribution in [0.25, 0.3) is 10.9 Å². The molecule has 0 aliphatic heterocycles. The van der Waals surface area contributed by atoms with Gasteiger partial charge in [-0.1, -0.05) is 30.3 Å². The number of benzene rings is 2. The summed E-state index contributed by atoms with van der Waals surface area (Å²) in [5.74, 6) is -0.499. The lowest BCUT2D eigenvalue weighted by molar-refractivity contribution is -0.144. The van der Waals surface area contributed by atoms with E-state index in [2.05, 4.69) is 25.8 Å². The number of H-pyrrole nitrogens is 1. The van der Waals surface area contributed by atoms with Crippen LogP contribution in [-0.2, 0) is 27.4 Å². The van der Waals surface area contributed by atoms with Gasteiger partial charge in [0.15, 0.2) is 5.69 Å². The molecule has 11 heteroatoms. The number of ether oxygens (including phenoxy) is 2. The molecule has 0 fully saturated rings. The molecule has 2 amide bonds. The highest BCUT2D eigenvalue weighted by Gasteiger charge is 2.15. The molecule has 2 aromatic carbocycles. The third-order valence-corrected chi connectivity index (χ3v) is 5.87. The third kappa shape index (κ3) is 6.21. The number of amides is 2. The lowest BCUT2D eigenvalue weighted by Gasteiger charge is -2.08. The van der Waals surface area contributed by atoms with Crippen LogP contribution < -0.4 is 15.4 Å². The molecule has 0 radical (unpaired) electrons. The van der Waals surface area contributed by atoms with Crippen LogP contribution >= 0.6 is 11.3 Å². The number of anilines is 1. The Labute approximate surface area is 204 Å². The van der Waals surface area contributed by atoms with Crippen molar-refractivity contribution in [3.8, 4) is 5.75 Å². The van der Waals surface area contributed by atoms with Crippen molar-refractivity contribution in [3.05, 3.63) is 70.3 Å². The number of aromatic nitrogens is 3. The van der Waals surface area contributed by atoms with E-state index in [1.165, 1.54) is 18.4 Å². The highest BCUT2D eigenvalue weighted by atomic mass is 32.1. The predicted octanol–water partition coefficient (Wildman–Crippen LogP) is 3.07. The van der Waals surface area contributed by atoms with E-state index in [4.69, 9.17) is 9.47 Å². The number of esters is 1. The van der Waals surface area contributed by atoms with Crippen molar-refractivity contribution in [2.75, 3.05) is 19.0 Å². The zero-order valence-electron chi connectivity index (χ0n) is 18.9. The molecular weight excluding hydrogens is 470 g/mol. The highest BCUT2D eigenvalue weighted by molar-refractivity contribution is 7.09. The van der Waals surface area contributed by atoms with Gasteiger partial charge in [-0.25, -0.2) is 4.98 Å². The van der Waals surface area contributed by atoms with Gasteiger partial charge in [-0.2, -0.15) is 5.10 Å². The number of thiazole rings is 1. The first-order valence-corrected chi connectivity index (χ1v) is 11.6. The number of hydrogen-bond acceptors (Lipinski definition) is 8. The lowest BCUT2D eigenvalue weighted by Crippen LogP contribution is -2.27. The van der Waals surface area contributed by atoms with Crippen molar-refractivity contribution in [2.24, 2.45) is 0 Å². The summed E-state index contributed by atoms with van der Waals surface area (Å²) in [5, 5.41) is 15.3. The minimum Gasteiger partial charge on any atom is -0.495 e. The molecule has 2 aromatic heterocycles. The maximum atomic E-state index is 12.3. The van der Waals surface area contributed by atoms with Gasteiger partial charge in [0.05, 0.1) is 36.8 Å². The second-order valence-electron chi connectivity index (χ2n) is 7.44. The largest absolute Gasteiger partial charge is 0.495 e. The number of fused-ring (bicyclic) bond motifs is 1. The Balaban J connectivity index is 1.19. The minimum absolute atomic E-state index is 0.00635. The van der Waals surface area contributed by atoms with Gasteiger partial charge < -0.3 is 20.1 Å². The molecule has 35 heavy (non-hydrogen) atoms. The highest BCUT2D eigenvalue weighted by Crippen LogP contribution is 2.23. The number of rotatable bonds is 10. The van der Waals surface area contributed by atoms with E-state index in [0.717, 1.165) is 5.52 Å². The minimum atomic E-state index is -0.472. The van der Waals surface area contributed by atoms with Gasteiger partial charge in [-0.15, -0.1) is 11.3 Å². The van der Waals surface area contributed by atoms with Gasteiger partial charge in [-0.05, 0) is 18.2 Å². The summed E-state index contributed by atoms with van der Waals surface area (Å²) in [6.45, 7) is 0.103. The van der Waals surface area contributed by atoms with E-state index in [-0.39, 0.29) is 43.5 Å². The molecule has 2 heterocycles. The number of carbonyl (C=O) groups is 3. The molecule has 0 aliphatic carbocycles. The van der Waals surface area contributed by atoms with Crippen LogP contribution in [0.3, 0.4) is 0 Å². The van der Waals surface area contributed by atoms with Crippen molar-refractivity contribution in [1.82, 2.24) is 20.5 Å². The van der Waals surface area contributed by atoms with Gasteiger partial charge in [0.2, 0.25) is 5.91 Å². The Morgan fingerprint density at radius 2 is 1.89 bits per heavy atom. The standard InChI is InChI=1S/C24H23N5O5S/c1-33-19-9-5-4-8-18(19)27-20(30)12-21-26-15(14-35-21)13-34-22(31)10-11-25-24(32)23-16-6-2-3-7-17(16)28-29-23/h2-9,14H,10-13H2,1H3,(H,25,32)(H,27,30)(H,28,29). The fourth-order valence-electron chi connectivity index (χ4n) is 3.30. The molecule has 4 aromatic rings. The number of hydrogen-bond donors (Lipinski definition) is 3. The van der Waals surface area contributed by atoms with Gasteiger partial charge in [0.1, 0.15) is 17.4 Å². The van der Waals surface area contributed by atoms with Crippen LogP contribution in [-0.4, -0.2) is 46.6 Å². The fraction of sp³-hybridized carbons (Fsp3) is 0.208. The SMILES string of the molecule is COc1ccccc1NC(=O)Cc1nc(COC(=O)CCNC(=O)c2n[nH]c3ccccc23)cs1. The molecule has 10 nitrogen and oxygen atoms in total. The average Bonchev–Trinajstić information content (AvgIpc) is 3.50. The predicted molar refractivity (Wildman–Crippen MR) is 130 cm³/mol. The quantitative estimate of drug-likeness (QED) is 0.289. The van der Waals surface area contributed by atoms with Gasteiger partial charge in [0, 0.05) is 17.3 Å². The normalized spacial score (nSPS) is 10.7. The summed E-state index contributed by atoms with van der Waals surface area (Å²) < 4.78 is 10.5. The maximum absolute atomic E-state index is 12.3. The van der Waals surface area contributed by atoms with Crippen LogP contribution in [0.2, 0.25) is 0 Å². The van der Waals surface area contributed by atoms with Crippen molar-refractivity contribution in [1.29, 1.82) is 0 Å². The molecule has 0 aliphatic rings. The summed E-state index contributed by atoms with van der Waals surface area (Å²) in [6.07, 6.45) is 0.0942. The summed E-state index contributed by atoms with van der Waals surface area (Å²) >= 11 is 1.31. The number of para-hydroxylation sites is 3. The van der Waals surface area contributed by atoms with E-state index < -0.39 is 5.97 Å².